The molecule has 1 aliphatic heterocycles. The van der Waals surface area contributed by atoms with Gasteiger partial charge in [0.2, 0.25) is 0 Å². The van der Waals surface area contributed by atoms with Crippen molar-refractivity contribution in [1.29, 1.82) is 0 Å². The van der Waals surface area contributed by atoms with E-state index >= 15 is 0 Å². The molecule has 0 saturated heterocycles. The molecule has 0 fully saturated rings. The maximum Gasteiger partial charge on any atom is 0.260 e. The Morgan fingerprint density at radius 1 is 1.48 bits per heavy atom. The molecule has 2 aromatic rings. The van der Waals surface area contributed by atoms with E-state index in [9.17, 15) is 22.4 Å². The fourth-order valence-electron chi connectivity index (χ4n) is 2.56. The van der Waals surface area contributed by atoms with Crippen molar-refractivity contribution in [2.75, 3.05) is 0 Å². The Hall–Kier alpha value is -2.00. The summed E-state index contributed by atoms with van der Waals surface area (Å²) in [6.45, 7) is 1.58. The van der Waals surface area contributed by atoms with Gasteiger partial charge in [-0.2, -0.15) is 0 Å². The number of rotatable bonds is 2. The third-order valence-corrected chi connectivity index (χ3v) is 7.52. The van der Waals surface area contributed by atoms with E-state index in [0.29, 0.717) is 5.56 Å². The van der Waals surface area contributed by atoms with Crippen LogP contribution in [0, 0.1) is 5.82 Å². The monoisotopic (exact) mass is 356 g/mol. The number of aromatic nitrogens is 1. The Labute approximate surface area is 135 Å². The lowest BCUT2D eigenvalue weighted by Crippen LogP contribution is -2.38. The number of hydrogen-bond acceptors (Lipinski definition) is 5. The van der Waals surface area contributed by atoms with E-state index in [1.807, 2.05) is 0 Å². The first kappa shape index (κ1) is 15.9. The highest BCUT2D eigenvalue weighted by atomic mass is 32.2. The summed E-state index contributed by atoms with van der Waals surface area (Å²) in [4.78, 5) is 26.0. The number of nitrogens with one attached hydrogen (secondary N) is 2. The molecule has 3 rings (SSSR count). The predicted molar refractivity (Wildman–Crippen MR) is 82.8 cm³/mol. The second-order valence-electron chi connectivity index (χ2n) is 5.34. The Morgan fingerprint density at radius 2 is 2.22 bits per heavy atom. The minimum atomic E-state index is -3.39. The van der Waals surface area contributed by atoms with Crippen LogP contribution in [0.4, 0.5) is 4.39 Å². The molecule has 0 bridgehead atoms. The number of fused-ring (bicyclic) bond motifs is 1. The van der Waals surface area contributed by atoms with Gasteiger partial charge in [0.05, 0.1) is 11.3 Å². The molecule has 23 heavy (non-hydrogen) atoms. The maximum absolute atomic E-state index is 13.2. The zero-order chi connectivity index (χ0) is 16.8. The van der Waals surface area contributed by atoms with Gasteiger partial charge in [0.25, 0.3) is 11.5 Å². The standard InChI is InChI=1S/C14H13FN2O4S2/c1-7-4-11(9-2-3-22-14(9)23(7,20)21)17-13(19)10-5-8(15)6-16-12(10)18/h2-3,5-7,11H,4H2,1H3,(H,16,18)(H,17,19)/t7-,11-/m0/s1. The van der Waals surface area contributed by atoms with Crippen molar-refractivity contribution in [3.63, 3.8) is 0 Å². The Kier molecular flexibility index (Phi) is 3.85. The molecule has 6 nitrogen and oxygen atoms in total. The van der Waals surface area contributed by atoms with Gasteiger partial charge in [0.1, 0.15) is 15.6 Å². The zero-order valence-corrected chi connectivity index (χ0v) is 13.6. The highest BCUT2D eigenvalue weighted by Gasteiger charge is 2.38. The molecule has 2 aromatic heterocycles. The summed E-state index contributed by atoms with van der Waals surface area (Å²) in [7, 11) is -3.39. The van der Waals surface area contributed by atoms with E-state index in [2.05, 4.69) is 10.3 Å². The third-order valence-electron chi connectivity index (χ3n) is 3.81. The molecule has 122 valence electrons. The average Bonchev–Trinajstić information content (AvgIpc) is 2.98. The Balaban J connectivity index is 1.94. The average molecular weight is 356 g/mol. The molecule has 3 heterocycles. The SMILES string of the molecule is C[C@H]1C[C@H](NC(=O)c2cc(F)c[nH]c2=O)c2ccsc2S1(=O)=O. The van der Waals surface area contributed by atoms with Crippen molar-refractivity contribution in [2.45, 2.75) is 28.8 Å². The van der Waals surface area contributed by atoms with Crippen LogP contribution in [0.25, 0.3) is 0 Å². The molecule has 0 saturated carbocycles. The van der Waals surface area contributed by atoms with Crippen LogP contribution in [0.1, 0.15) is 35.3 Å². The van der Waals surface area contributed by atoms with Crippen molar-refractivity contribution in [1.82, 2.24) is 10.3 Å². The van der Waals surface area contributed by atoms with Crippen LogP contribution in [-0.2, 0) is 9.84 Å². The van der Waals surface area contributed by atoms with Crippen LogP contribution < -0.4 is 10.9 Å². The van der Waals surface area contributed by atoms with E-state index in [4.69, 9.17) is 0 Å². The fourth-order valence-corrected chi connectivity index (χ4v) is 5.79. The molecule has 0 spiro atoms. The van der Waals surface area contributed by atoms with E-state index in [0.717, 1.165) is 23.6 Å². The quantitative estimate of drug-likeness (QED) is 0.854. The maximum atomic E-state index is 13.2. The molecule has 0 radical (unpaired) electrons. The Bertz CT molecular complexity index is 932. The number of sulfone groups is 1. The molecule has 1 aliphatic rings. The molecule has 2 N–H and O–H groups in total. The van der Waals surface area contributed by atoms with Crippen molar-refractivity contribution in [3.05, 3.63) is 51.0 Å². The van der Waals surface area contributed by atoms with Crippen molar-refractivity contribution >= 4 is 27.1 Å². The zero-order valence-electron chi connectivity index (χ0n) is 12.0. The topological polar surface area (TPSA) is 96.1 Å². The highest BCUT2D eigenvalue weighted by molar-refractivity contribution is 7.94. The second-order valence-corrected chi connectivity index (χ2v) is 8.82. The summed E-state index contributed by atoms with van der Waals surface area (Å²) in [5.74, 6) is -1.47. The number of aromatic amines is 1. The molecular formula is C14H13FN2O4S2. The van der Waals surface area contributed by atoms with Gasteiger partial charge in [-0.05, 0) is 30.9 Å². The summed E-state index contributed by atoms with van der Waals surface area (Å²) in [5, 5.41) is 3.63. The van der Waals surface area contributed by atoms with Gasteiger partial charge in [0, 0.05) is 11.8 Å². The molecular weight excluding hydrogens is 343 g/mol. The molecule has 0 aromatic carbocycles. The minimum Gasteiger partial charge on any atom is -0.345 e. The number of thiophene rings is 1. The first-order chi connectivity index (χ1) is 10.8. The lowest BCUT2D eigenvalue weighted by molar-refractivity contribution is 0.0931. The molecule has 9 heteroatoms. The van der Waals surface area contributed by atoms with Crippen LogP contribution in [0.3, 0.4) is 0 Å². The largest absolute Gasteiger partial charge is 0.345 e. The van der Waals surface area contributed by atoms with Gasteiger partial charge < -0.3 is 10.3 Å². The van der Waals surface area contributed by atoms with E-state index in [1.54, 1.807) is 18.4 Å². The third kappa shape index (κ3) is 2.70. The number of amides is 1. The van der Waals surface area contributed by atoms with Crippen molar-refractivity contribution in [2.24, 2.45) is 0 Å². The molecule has 0 unspecified atom stereocenters. The van der Waals surface area contributed by atoms with E-state index < -0.39 is 38.4 Å². The van der Waals surface area contributed by atoms with Crippen LogP contribution in [0.15, 0.2) is 32.7 Å². The smallest absolute Gasteiger partial charge is 0.260 e. The van der Waals surface area contributed by atoms with E-state index in [-0.39, 0.29) is 16.2 Å². The first-order valence-electron chi connectivity index (χ1n) is 6.81. The van der Waals surface area contributed by atoms with Crippen molar-refractivity contribution in [3.8, 4) is 0 Å². The summed E-state index contributed by atoms with van der Waals surface area (Å²) in [5.41, 5.74) is -0.539. The number of hydrogen-bond donors (Lipinski definition) is 2. The van der Waals surface area contributed by atoms with Crippen LogP contribution in [0.2, 0.25) is 0 Å². The van der Waals surface area contributed by atoms with E-state index in [1.165, 1.54) is 0 Å². The van der Waals surface area contributed by atoms with Gasteiger partial charge in [-0.3, -0.25) is 9.59 Å². The highest BCUT2D eigenvalue weighted by Crippen LogP contribution is 2.39. The van der Waals surface area contributed by atoms with Gasteiger partial charge in [-0.1, -0.05) is 0 Å². The van der Waals surface area contributed by atoms with Gasteiger partial charge in [0.15, 0.2) is 9.84 Å². The van der Waals surface area contributed by atoms with Gasteiger partial charge in [-0.25, -0.2) is 12.8 Å². The summed E-state index contributed by atoms with van der Waals surface area (Å²) in [6, 6.07) is 1.96. The van der Waals surface area contributed by atoms with Gasteiger partial charge in [-0.15, -0.1) is 11.3 Å². The summed E-state index contributed by atoms with van der Waals surface area (Å²) in [6.07, 6.45) is 1.07. The molecule has 1 amide bonds. The fraction of sp³-hybridized carbons (Fsp3) is 0.286. The number of halogens is 1. The normalized spacial score (nSPS) is 22.3. The number of carbonyl (C=O) groups is 1. The predicted octanol–water partition coefficient (Wildman–Crippen LogP) is 1.61. The van der Waals surface area contributed by atoms with Gasteiger partial charge >= 0.3 is 0 Å². The van der Waals surface area contributed by atoms with Crippen LogP contribution in [-0.4, -0.2) is 24.6 Å². The lowest BCUT2D eigenvalue weighted by Gasteiger charge is -2.27. The second kappa shape index (κ2) is 5.57. The lowest BCUT2D eigenvalue weighted by atomic mass is 10.0. The van der Waals surface area contributed by atoms with Crippen LogP contribution in [0.5, 0.6) is 0 Å². The molecule has 0 aliphatic carbocycles. The number of pyridine rings is 1. The number of carbonyl (C=O) groups excluding carboxylic acids is 1. The van der Waals surface area contributed by atoms with Crippen molar-refractivity contribution < 1.29 is 17.6 Å². The number of H-pyrrole nitrogens is 1. The summed E-state index contributed by atoms with van der Waals surface area (Å²) >= 11 is 1.10. The first-order valence-corrected chi connectivity index (χ1v) is 9.23. The Morgan fingerprint density at radius 3 is 2.96 bits per heavy atom. The van der Waals surface area contributed by atoms with Crippen LogP contribution >= 0.6 is 11.3 Å². The minimum absolute atomic E-state index is 0.199. The molecule has 2 atom stereocenters. The summed E-state index contributed by atoms with van der Waals surface area (Å²) < 4.78 is 38.0.